The maximum absolute atomic E-state index is 13.6. The molecule has 4 heteroatoms. The van der Waals surface area contributed by atoms with Crippen LogP contribution in [0.1, 0.15) is 27.5 Å². The molecule has 0 aromatic heterocycles. The monoisotopic (exact) mass is 323 g/mol. The van der Waals surface area contributed by atoms with Crippen LogP contribution in [0.2, 0.25) is 0 Å². The van der Waals surface area contributed by atoms with Crippen molar-refractivity contribution in [2.75, 3.05) is 0 Å². The van der Waals surface area contributed by atoms with E-state index in [1.165, 1.54) is 6.07 Å². The van der Waals surface area contributed by atoms with Gasteiger partial charge in [0.25, 0.3) is 5.91 Å². The van der Waals surface area contributed by atoms with Crippen molar-refractivity contribution in [3.05, 3.63) is 107 Å². The second kappa shape index (κ2) is 7.04. The van der Waals surface area contributed by atoms with Gasteiger partial charge >= 0.3 is 0 Å². The van der Waals surface area contributed by atoms with E-state index in [9.17, 15) is 13.6 Å². The molecule has 3 aromatic rings. The lowest BCUT2D eigenvalue weighted by Crippen LogP contribution is -2.29. The summed E-state index contributed by atoms with van der Waals surface area (Å²) in [4.78, 5) is 12.5. The molecular weight excluding hydrogens is 308 g/mol. The normalized spacial score (nSPS) is 11.8. The van der Waals surface area contributed by atoms with Gasteiger partial charge in [-0.05, 0) is 35.4 Å². The summed E-state index contributed by atoms with van der Waals surface area (Å²) in [6.45, 7) is 0. The van der Waals surface area contributed by atoms with E-state index in [1.807, 2.05) is 36.4 Å². The molecule has 0 saturated heterocycles. The van der Waals surface area contributed by atoms with Crippen molar-refractivity contribution in [1.29, 1.82) is 0 Å². The number of benzene rings is 3. The van der Waals surface area contributed by atoms with Gasteiger partial charge in [-0.15, -0.1) is 0 Å². The molecule has 1 amide bonds. The van der Waals surface area contributed by atoms with Gasteiger partial charge in [0.15, 0.2) is 11.6 Å². The maximum atomic E-state index is 13.6. The lowest BCUT2D eigenvalue weighted by molar-refractivity contribution is 0.0943. The Morgan fingerprint density at radius 1 is 0.750 bits per heavy atom. The molecule has 0 aliphatic rings. The average Bonchev–Trinajstić information content (AvgIpc) is 2.63. The molecule has 0 aliphatic carbocycles. The largest absolute Gasteiger partial charge is 0.341 e. The molecule has 0 radical (unpaired) electrons. The molecule has 24 heavy (non-hydrogen) atoms. The van der Waals surface area contributed by atoms with Crippen LogP contribution in [0.15, 0.2) is 78.9 Å². The van der Waals surface area contributed by atoms with Crippen LogP contribution in [0.25, 0.3) is 0 Å². The van der Waals surface area contributed by atoms with Crippen molar-refractivity contribution in [2.45, 2.75) is 6.04 Å². The Morgan fingerprint density at radius 3 is 2.00 bits per heavy atom. The van der Waals surface area contributed by atoms with Gasteiger partial charge in [-0.25, -0.2) is 8.78 Å². The number of carbonyl (C=O) groups is 1. The number of nitrogens with one attached hydrogen (secondary N) is 1. The fraction of sp³-hybridized carbons (Fsp3) is 0.0500. The van der Waals surface area contributed by atoms with Gasteiger partial charge in [0.2, 0.25) is 0 Å². The number of hydrogen-bond acceptors (Lipinski definition) is 1. The Kier molecular flexibility index (Phi) is 4.66. The van der Waals surface area contributed by atoms with Gasteiger partial charge in [-0.2, -0.15) is 0 Å². The number of halogens is 2. The minimum Gasteiger partial charge on any atom is -0.341 e. The van der Waals surface area contributed by atoms with E-state index in [1.54, 1.807) is 24.3 Å². The second-order valence-corrected chi connectivity index (χ2v) is 5.36. The van der Waals surface area contributed by atoms with Crippen LogP contribution >= 0.6 is 0 Å². The molecule has 3 aromatic carbocycles. The van der Waals surface area contributed by atoms with Gasteiger partial charge in [0, 0.05) is 5.56 Å². The van der Waals surface area contributed by atoms with E-state index in [0.717, 1.165) is 17.7 Å². The van der Waals surface area contributed by atoms with Crippen molar-refractivity contribution in [3.63, 3.8) is 0 Å². The summed E-state index contributed by atoms with van der Waals surface area (Å²) >= 11 is 0. The summed E-state index contributed by atoms with van der Waals surface area (Å²) in [5, 5.41) is 2.88. The lowest BCUT2D eigenvalue weighted by atomic mass is 9.98. The van der Waals surface area contributed by atoms with Gasteiger partial charge in [0.1, 0.15) is 0 Å². The maximum Gasteiger partial charge on any atom is 0.252 e. The zero-order valence-corrected chi connectivity index (χ0v) is 12.7. The number of amides is 1. The SMILES string of the molecule is O=C(NC(c1ccccc1)c1ccc(F)c(F)c1)c1ccccc1. The van der Waals surface area contributed by atoms with E-state index in [2.05, 4.69) is 5.32 Å². The Bertz CT molecular complexity index is 835. The Balaban J connectivity index is 1.96. The molecule has 2 nitrogen and oxygen atoms in total. The predicted octanol–water partition coefficient (Wildman–Crippen LogP) is 4.48. The van der Waals surface area contributed by atoms with Crippen molar-refractivity contribution >= 4 is 5.91 Å². The van der Waals surface area contributed by atoms with Crippen molar-refractivity contribution in [3.8, 4) is 0 Å². The number of carbonyl (C=O) groups excluding carboxylic acids is 1. The minimum atomic E-state index is -0.942. The predicted molar refractivity (Wildman–Crippen MR) is 88.6 cm³/mol. The van der Waals surface area contributed by atoms with Crippen molar-refractivity contribution in [1.82, 2.24) is 5.32 Å². The number of hydrogen-bond donors (Lipinski definition) is 1. The highest BCUT2D eigenvalue weighted by atomic mass is 19.2. The standard InChI is InChI=1S/C20H15F2NO/c21-17-12-11-16(13-18(17)22)19(14-7-3-1-4-8-14)23-20(24)15-9-5-2-6-10-15/h1-13,19H,(H,23,24). The van der Waals surface area contributed by atoms with Crippen LogP contribution in [0, 0.1) is 11.6 Å². The summed E-state index contributed by atoms with van der Waals surface area (Å²) in [7, 11) is 0. The second-order valence-electron chi connectivity index (χ2n) is 5.36. The highest BCUT2D eigenvalue weighted by molar-refractivity contribution is 5.94. The minimum absolute atomic E-state index is 0.283. The quantitative estimate of drug-likeness (QED) is 0.753. The summed E-state index contributed by atoms with van der Waals surface area (Å²) in [6, 6.07) is 21.0. The van der Waals surface area contributed by atoms with Crippen LogP contribution in [-0.2, 0) is 0 Å². The van der Waals surface area contributed by atoms with E-state index in [0.29, 0.717) is 11.1 Å². The third-order valence-electron chi connectivity index (χ3n) is 3.72. The smallest absolute Gasteiger partial charge is 0.252 e. The van der Waals surface area contributed by atoms with Crippen molar-refractivity contribution in [2.24, 2.45) is 0 Å². The molecule has 0 saturated carbocycles. The van der Waals surface area contributed by atoms with E-state index in [-0.39, 0.29) is 5.91 Å². The Hall–Kier alpha value is -3.01. The highest BCUT2D eigenvalue weighted by Gasteiger charge is 2.19. The summed E-state index contributed by atoms with van der Waals surface area (Å²) in [6.07, 6.45) is 0. The molecule has 1 unspecified atom stereocenters. The van der Waals surface area contributed by atoms with E-state index >= 15 is 0 Å². The molecule has 120 valence electrons. The Labute approximate surface area is 138 Å². The van der Waals surface area contributed by atoms with E-state index in [4.69, 9.17) is 0 Å². The van der Waals surface area contributed by atoms with Gasteiger partial charge in [-0.3, -0.25) is 4.79 Å². The Morgan fingerprint density at radius 2 is 1.38 bits per heavy atom. The first kappa shape index (κ1) is 15.9. The van der Waals surface area contributed by atoms with Gasteiger partial charge in [0.05, 0.1) is 6.04 Å². The van der Waals surface area contributed by atoms with Crippen molar-refractivity contribution < 1.29 is 13.6 Å². The topological polar surface area (TPSA) is 29.1 Å². The van der Waals surface area contributed by atoms with Gasteiger partial charge < -0.3 is 5.32 Å². The summed E-state index contributed by atoms with van der Waals surface area (Å²) in [5.74, 6) is -2.14. The van der Waals surface area contributed by atoms with Crippen LogP contribution in [0.4, 0.5) is 8.78 Å². The molecular formula is C20H15F2NO. The first-order valence-corrected chi connectivity index (χ1v) is 7.51. The van der Waals surface area contributed by atoms with E-state index < -0.39 is 17.7 Å². The molecule has 3 rings (SSSR count). The summed E-state index contributed by atoms with van der Waals surface area (Å²) in [5.41, 5.74) is 1.76. The third kappa shape index (κ3) is 3.49. The fourth-order valence-corrected chi connectivity index (χ4v) is 2.50. The van der Waals surface area contributed by atoms with Crippen LogP contribution in [-0.4, -0.2) is 5.91 Å². The highest BCUT2D eigenvalue weighted by Crippen LogP contribution is 2.24. The first-order valence-electron chi connectivity index (χ1n) is 7.51. The van der Waals surface area contributed by atoms with Gasteiger partial charge in [-0.1, -0.05) is 54.6 Å². The van der Waals surface area contributed by atoms with Crippen LogP contribution < -0.4 is 5.32 Å². The molecule has 0 fully saturated rings. The first-order chi connectivity index (χ1) is 11.6. The third-order valence-corrected chi connectivity index (χ3v) is 3.72. The molecule has 0 bridgehead atoms. The molecule has 1 N–H and O–H groups in total. The molecule has 0 spiro atoms. The fourth-order valence-electron chi connectivity index (χ4n) is 2.50. The van der Waals surface area contributed by atoms with Crippen LogP contribution in [0.3, 0.4) is 0 Å². The molecule has 0 aliphatic heterocycles. The van der Waals surface area contributed by atoms with Crippen LogP contribution in [0.5, 0.6) is 0 Å². The summed E-state index contributed by atoms with van der Waals surface area (Å²) < 4.78 is 26.9. The zero-order valence-electron chi connectivity index (χ0n) is 12.7. The molecule has 1 atom stereocenters. The number of rotatable bonds is 4. The molecule has 0 heterocycles. The lowest BCUT2D eigenvalue weighted by Gasteiger charge is -2.20. The average molecular weight is 323 g/mol. The zero-order chi connectivity index (χ0) is 16.9.